The minimum Gasteiger partial charge on any atom is -0.330 e. The highest BCUT2D eigenvalue weighted by Gasteiger charge is 2.34. The van der Waals surface area contributed by atoms with Gasteiger partial charge in [0.1, 0.15) is 0 Å². The van der Waals surface area contributed by atoms with E-state index < -0.39 is 0 Å². The smallest absolute Gasteiger partial charge is 0.00172 e. The zero-order valence-corrected chi connectivity index (χ0v) is 12.1. The Bertz CT molecular complexity index is 410. The van der Waals surface area contributed by atoms with Crippen LogP contribution >= 0.6 is 0 Å². The predicted molar refractivity (Wildman–Crippen MR) is 78.7 cm³/mol. The van der Waals surface area contributed by atoms with Crippen LogP contribution in [-0.4, -0.2) is 6.54 Å². The summed E-state index contributed by atoms with van der Waals surface area (Å²) in [5.41, 5.74) is 10.8. The van der Waals surface area contributed by atoms with Crippen LogP contribution in [0.25, 0.3) is 0 Å². The van der Waals surface area contributed by atoms with Gasteiger partial charge >= 0.3 is 0 Å². The van der Waals surface area contributed by atoms with E-state index in [1.54, 1.807) is 0 Å². The van der Waals surface area contributed by atoms with Gasteiger partial charge in [-0.3, -0.25) is 0 Å². The Morgan fingerprint density at radius 2 is 2.11 bits per heavy atom. The fraction of sp³-hybridized carbons (Fsp3) is 0.647. The third-order valence-electron chi connectivity index (χ3n) is 4.69. The van der Waals surface area contributed by atoms with Crippen LogP contribution in [0.1, 0.15) is 49.3 Å². The highest BCUT2D eigenvalue weighted by Crippen LogP contribution is 2.41. The molecule has 1 fully saturated rings. The number of nitrogens with two attached hydrogens (primary N) is 1. The molecule has 0 bridgehead atoms. The topological polar surface area (TPSA) is 26.0 Å². The fourth-order valence-corrected chi connectivity index (χ4v) is 3.58. The van der Waals surface area contributed by atoms with Crippen molar-refractivity contribution in [3.63, 3.8) is 0 Å². The van der Waals surface area contributed by atoms with Crippen LogP contribution in [0, 0.1) is 25.2 Å². The highest BCUT2D eigenvalue weighted by molar-refractivity contribution is 5.31. The molecular formula is C17H27N. The molecule has 0 aromatic heterocycles. The maximum Gasteiger partial charge on any atom is -0.00172 e. The van der Waals surface area contributed by atoms with Crippen LogP contribution in [0.3, 0.4) is 0 Å². The molecule has 2 unspecified atom stereocenters. The molecule has 1 aliphatic rings. The molecule has 1 nitrogen and oxygen atoms in total. The van der Waals surface area contributed by atoms with Gasteiger partial charge in [-0.15, -0.1) is 0 Å². The number of benzene rings is 1. The Hall–Kier alpha value is -0.820. The zero-order chi connectivity index (χ0) is 13.2. The maximum absolute atomic E-state index is 6.14. The Kier molecular flexibility index (Phi) is 4.11. The normalized spacial score (nSPS) is 28.3. The molecule has 2 atom stereocenters. The first-order valence-corrected chi connectivity index (χ1v) is 7.31. The van der Waals surface area contributed by atoms with Gasteiger partial charge in [0.05, 0.1) is 0 Å². The van der Waals surface area contributed by atoms with Crippen LogP contribution in [0.5, 0.6) is 0 Å². The molecule has 1 aliphatic carbocycles. The van der Waals surface area contributed by atoms with E-state index >= 15 is 0 Å². The second-order valence-corrected chi connectivity index (χ2v) is 6.51. The molecule has 0 aliphatic heterocycles. The summed E-state index contributed by atoms with van der Waals surface area (Å²) in [4.78, 5) is 0. The van der Waals surface area contributed by atoms with Crippen molar-refractivity contribution < 1.29 is 0 Å². The third-order valence-corrected chi connectivity index (χ3v) is 4.69. The van der Waals surface area contributed by atoms with E-state index in [1.165, 1.54) is 48.8 Å². The van der Waals surface area contributed by atoms with Gasteiger partial charge in [-0.05, 0) is 62.1 Å². The summed E-state index contributed by atoms with van der Waals surface area (Å²) in [7, 11) is 0. The summed E-state index contributed by atoms with van der Waals surface area (Å²) in [5.74, 6) is 0.840. The third kappa shape index (κ3) is 2.95. The average Bonchev–Trinajstić information content (AvgIpc) is 2.34. The summed E-state index contributed by atoms with van der Waals surface area (Å²) in [5, 5.41) is 0. The molecule has 0 radical (unpaired) electrons. The van der Waals surface area contributed by atoms with Crippen molar-refractivity contribution in [2.75, 3.05) is 6.54 Å². The first-order valence-electron chi connectivity index (χ1n) is 7.31. The van der Waals surface area contributed by atoms with E-state index in [0.717, 1.165) is 12.5 Å². The van der Waals surface area contributed by atoms with E-state index in [1.807, 2.05) is 0 Å². The van der Waals surface area contributed by atoms with E-state index in [9.17, 15) is 0 Å². The summed E-state index contributed by atoms with van der Waals surface area (Å²) in [6.07, 6.45) is 6.51. The molecule has 0 spiro atoms. The summed E-state index contributed by atoms with van der Waals surface area (Å²) >= 11 is 0. The molecule has 0 amide bonds. The van der Waals surface area contributed by atoms with Crippen molar-refractivity contribution >= 4 is 0 Å². The van der Waals surface area contributed by atoms with E-state index in [2.05, 4.69) is 39.0 Å². The van der Waals surface area contributed by atoms with Gasteiger partial charge in [0.15, 0.2) is 0 Å². The Morgan fingerprint density at radius 3 is 2.78 bits per heavy atom. The Balaban J connectivity index is 2.21. The molecule has 100 valence electrons. The lowest BCUT2D eigenvalue weighted by atomic mass is 9.66. The van der Waals surface area contributed by atoms with Gasteiger partial charge in [-0.2, -0.15) is 0 Å². The number of rotatable bonds is 3. The standard InChI is InChI=1S/C17H27N/c1-13-6-7-15(3)16(9-13)11-17(12-18)8-4-5-14(2)10-17/h6-7,9,14H,4-5,8,10-12,18H2,1-3H3. The first-order chi connectivity index (χ1) is 8.54. The summed E-state index contributed by atoms with van der Waals surface area (Å²) < 4.78 is 0. The fourth-order valence-electron chi connectivity index (χ4n) is 3.58. The predicted octanol–water partition coefficient (Wildman–Crippen LogP) is 4.00. The monoisotopic (exact) mass is 245 g/mol. The largest absolute Gasteiger partial charge is 0.330 e. The first kappa shape index (κ1) is 13.6. The molecule has 1 saturated carbocycles. The maximum atomic E-state index is 6.14. The van der Waals surface area contributed by atoms with Crippen LogP contribution in [0.4, 0.5) is 0 Å². The molecule has 0 heterocycles. The molecule has 18 heavy (non-hydrogen) atoms. The van der Waals surface area contributed by atoms with Crippen molar-refractivity contribution in [1.82, 2.24) is 0 Å². The van der Waals surface area contributed by atoms with Gasteiger partial charge in [-0.1, -0.05) is 43.5 Å². The Labute approximate surface area is 112 Å². The lowest BCUT2D eigenvalue weighted by molar-refractivity contribution is 0.153. The highest BCUT2D eigenvalue weighted by atomic mass is 14.6. The SMILES string of the molecule is Cc1ccc(C)c(CC2(CN)CCCC(C)C2)c1. The lowest BCUT2D eigenvalue weighted by Gasteiger charge is -2.40. The number of hydrogen-bond acceptors (Lipinski definition) is 1. The number of hydrogen-bond donors (Lipinski definition) is 1. The Morgan fingerprint density at radius 1 is 1.33 bits per heavy atom. The van der Waals surface area contributed by atoms with E-state index in [0.29, 0.717) is 5.41 Å². The van der Waals surface area contributed by atoms with Crippen LogP contribution in [0.15, 0.2) is 18.2 Å². The minimum atomic E-state index is 0.357. The molecule has 2 N–H and O–H groups in total. The second-order valence-electron chi connectivity index (χ2n) is 6.51. The van der Waals surface area contributed by atoms with Crippen LogP contribution in [0.2, 0.25) is 0 Å². The molecular weight excluding hydrogens is 218 g/mol. The average molecular weight is 245 g/mol. The van der Waals surface area contributed by atoms with Gasteiger partial charge < -0.3 is 5.73 Å². The van der Waals surface area contributed by atoms with Crippen LogP contribution < -0.4 is 5.73 Å². The van der Waals surface area contributed by atoms with Crippen molar-refractivity contribution in [2.45, 2.75) is 52.9 Å². The van der Waals surface area contributed by atoms with Gasteiger partial charge in [0, 0.05) is 0 Å². The molecule has 1 aromatic rings. The van der Waals surface area contributed by atoms with Crippen LogP contribution in [-0.2, 0) is 6.42 Å². The number of aryl methyl sites for hydroxylation is 2. The summed E-state index contributed by atoms with van der Waals surface area (Å²) in [6.45, 7) is 7.63. The second kappa shape index (κ2) is 5.44. The molecule has 0 saturated heterocycles. The van der Waals surface area contributed by atoms with Crippen molar-refractivity contribution in [2.24, 2.45) is 17.1 Å². The molecule has 2 rings (SSSR count). The van der Waals surface area contributed by atoms with Gasteiger partial charge in [0.25, 0.3) is 0 Å². The minimum absolute atomic E-state index is 0.357. The van der Waals surface area contributed by atoms with Crippen molar-refractivity contribution in [3.8, 4) is 0 Å². The van der Waals surface area contributed by atoms with Gasteiger partial charge in [-0.25, -0.2) is 0 Å². The van der Waals surface area contributed by atoms with Gasteiger partial charge in [0.2, 0.25) is 0 Å². The van der Waals surface area contributed by atoms with E-state index in [4.69, 9.17) is 5.73 Å². The molecule has 1 heteroatoms. The van der Waals surface area contributed by atoms with Crippen molar-refractivity contribution in [3.05, 3.63) is 34.9 Å². The summed E-state index contributed by atoms with van der Waals surface area (Å²) in [6, 6.07) is 6.81. The molecule has 1 aromatic carbocycles. The van der Waals surface area contributed by atoms with E-state index in [-0.39, 0.29) is 0 Å². The lowest BCUT2D eigenvalue weighted by Crippen LogP contribution is -2.37. The van der Waals surface area contributed by atoms with Crippen molar-refractivity contribution in [1.29, 1.82) is 0 Å². The quantitative estimate of drug-likeness (QED) is 0.855. The zero-order valence-electron chi connectivity index (χ0n) is 12.1.